The van der Waals surface area contributed by atoms with Gasteiger partial charge in [0.2, 0.25) is 6.17 Å². The topological polar surface area (TPSA) is 137 Å². The predicted octanol–water partition coefficient (Wildman–Crippen LogP) is 2.73. The zero-order chi connectivity index (χ0) is 24.2. The van der Waals surface area contributed by atoms with Crippen LogP contribution in [0.1, 0.15) is 22.7 Å². The van der Waals surface area contributed by atoms with Crippen molar-refractivity contribution in [1.29, 1.82) is 0 Å². The van der Waals surface area contributed by atoms with Gasteiger partial charge in [-0.25, -0.2) is 9.79 Å². The lowest BCUT2D eigenvalue weighted by atomic mass is 10.0. The van der Waals surface area contributed by atoms with Gasteiger partial charge in [0, 0.05) is 23.9 Å². The van der Waals surface area contributed by atoms with Crippen LogP contribution in [0.15, 0.2) is 83.9 Å². The first-order valence-corrected chi connectivity index (χ1v) is 10.5. The number of nitrogens with one attached hydrogen (secondary N) is 2. The molecule has 0 spiro atoms. The maximum Gasteiger partial charge on any atom is 0.325 e. The highest BCUT2D eigenvalue weighted by Crippen LogP contribution is 2.27. The van der Waals surface area contributed by atoms with Gasteiger partial charge in [-0.3, -0.25) is 9.59 Å². The predicted molar refractivity (Wildman–Crippen MR) is 129 cm³/mol. The standard InChI is InChI=1S/C25H23N5O4/c1-30-19-13-6-5-12-18(19)21(15-8-3-2-4-9-15)28-22(23(30)31)29-25(34)27-17-11-7-10-16(14-17)20(26)24(32)33/h2-14,20,22H,26H2,1H3,(H,32,33)(H2,27,29,34)/t20-,22+/m1/s1. The Morgan fingerprint density at radius 2 is 1.74 bits per heavy atom. The van der Waals surface area contributed by atoms with Gasteiger partial charge in [-0.05, 0) is 23.8 Å². The first-order chi connectivity index (χ1) is 16.3. The van der Waals surface area contributed by atoms with Crippen LogP contribution < -0.4 is 21.3 Å². The SMILES string of the molecule is CN1C(=O)[C@H](NC(=O)Nc2cccc([C@@H](N)C(=O)O)c2)N=C(c2ccccc2)c2ccccc21. The second kappa shape index (κ2) is 9.55. The molecule has 0 aromatic heterocycles. The summed E-state index contributed by atoms with van der Waals surface area (Å²) < 4.78 is 0. The lowest BCUT2D eigenvalue weighted by molar-refractivity contribution is -0.138. The number of hydrogen-bond acceptors (Lipinski definition) is 5. The molecule has 2 atom stereocenters. The molecule has 9 nitrogen and oxygen atoms in total. The third-order valence-corrected chi connectivity index (χ3v) is 5.43. The summed E-state index contributed by atoms with van der Waals surface area (Å²) in [5.41, 5.74) is 9.14. The molecular formula is C25H23N5O4. The van der Waals surface area contributed by atoms with E-state index in [4.69, 9.17) is 10.8 Å². The number of urea groups is 1. The molecule has 0 radical (unpaired) electrons. The van der Waals surface area contributed by atoms with Crippen LogP contribution in [0, 0.1) is 0 Å². The fraction of sp³-hybridized carbons (Fsp3) is 0.120. The third-order valence-electron chi connectivity index (χ3n) is 5.43. The summed E-state index contributed by atoms with van der Waals surface area (Å²) in [4.78, 5) is 43.2. The Labute approximate surface area is 195 Å². The Morgan fingerprint density at radius 3 is 2.47 bits per heavy atom. The number of nitrogens with two attached hydrogens (primary N) is 1. The van der Waals surface area contributed by atoms with Gasteiger partial charge in [0.1, 0.15) is 6.04 Å². The Bertz CT molecular complexity index is 1280. The van der Waals surface area contributed by atoms with Crippen molar-refractivity contribution in [3.05, 3.63) is 95.6 Å². The van der Waals surface area contributed by atoms with Crippen molar-refractivity contribution in [3.63, 3.8) is 0 Å². The van der Waals surface area contributed by atoms with Crippen LogP contribution in [0.2, 0.25) is 0 Å². The number of aliphatic imine (C=N–C) groups is 1. The largest absolute Gasteiger partial charge is 0.480 e. The number of rotatable bonds is 5. The van der Waals surface area contributed by atoms with Crippen LogP contribution >= 0.6 is 0 Å². The number of para-hydroxylation sites is 1. The molecule has 0 fully saturated rings. The summed E-state index contributed by atoms with van der Waals surface area (Å²) in [5.74, 6) is -1.59. The molecule has 5 N–H and O–H groups in total. The number of carbonyl (C=O) groups is 3. The van der Waals surface area contributed by atoms with Gasteiger partial charge in [-0.2, -0.15) is 0 Å². The zero-order valence-electron chi connectivity index (χ0n) is 18.3. The highest BCUT2D eigenvalue weighted by molar-refractivity contribution is 6.20. The van der Waals surface area contributed by atoms with E-state index in [1.165, 1.54) is 11.0 Å². The number of benzene rings is 3. The highest BCUT2D eigenvalue weighted by Gasteiger charge is 2.31. The highest BCUT2D eigenvalue weighted by atomic mass is 16.4. The maximum atomic E-state index is 13.2. The van der Waals surface area contributed by atoms with E-state index in [9.17, 15) is 14.4 Å². The molecule has 3 aromatic carbocycles. The normalized spacial score (nSPS) is 16.1. The fourth-order valence-electron chi connectivity index (χ4n) is 3.69. The van der Waals surface area contributed by atoms with Crippen molar-refractivity contribution in [1.82, 2.24) is 5.32 Å². The molecule has 1 aliphatic rings. The molecule has 3 amide bonds. The van der Waals surface area contributed by atoms with E-state index in [1.54, 1.807) is 25.2 Å². The van der Waals surface area contributed by atoms with Gasteiger partial charge in [0.05, 0.1) is 11.4 Å². The minimum atomic E-state index is -1.22. The van der Waals surface area contributed by atoms with Crippen molar-refractivity contribution in [2.24, 2.45) is 10.7 Å². The molecule has 0 aliphatic carbocycles. The van der Waals surface area contributed by atoms with Gasteiger partial charge in [0.15, 0.2) is 0 Å². The lowest BCUT2D eigenvalue weighted by Crippen LogP contribution is -2.47. The first-order valence-electron chi connectivity index (χ1n) is 10.5. The number of aliphatic carboxylic acids is 1. The number of carboxylic acids is 1. The van der Waals surface area contributed by atoms with Crippen LogP contribution in [0.25, 0.3) is 0 Å². The fourth-order valence-corrected chi connectivity index (χ4v) is 3.69. The van der Waals surface area contributed by atoms with Crippen LogP contribution in [0.4, 0.5) is 16.2 Å². The molecule has 34 heavy (non-hydrogen) atoms. The molecule has 9 heteroatoms. The van der Waals surface area contributed by atoms with Gasteiger partial charge in [-0.15, -0.1) is 0 Å². The van der Waals surface area contributed by atoms with E-state index >= 15 is 0 Å². The average Bonchev–Trinajstić information content (AvgIpc) is 2.95. The molecule has 4 rings (SSSR count). The minimum absolute atomic E-state index is 0.329. The number of carboxylic acid groups (broad SMARTS) is 1. The number of benzodiazepines with no additional fused rings is 1. The van der Waals surface area contributed by atoms with Gasteiger partial charge in [-0.1, -0.05) is 60.7 Å². The van der Waals surface area contributed by atoms with Crippen LogP contribution in [-0.4, -0.2) is 41.9 Å². The van der Waals surface area contributed by atoms with E-state index in [2.05, 4.69) is 15.6 Å². The monoisotopic (exact) mass is 457 g/mol. The molecule has 1 heterocycles. The summed E-state index contributed by atoms with van der Waals surface area (Å²) >= 11 is 0. The number of amides is 3. The molecular weight excluding hydrogens is 434 g/mol. The van der Waals surface area contributed by atoms with E-state index < -0.39 is 30.1 Å². The number of anilines is 2. The Kier molecular flexibility index (Phi) is 6.37. The van der Waals surface area contributed by atoms with Crippen molar-refractivity contribution in [2.75, 3.05) is 17.3 Å². The Balaban J connectivity index is 1.63. The van der Waals surface area contributed by atoms with Crippen molar-refractivity contribution >= 4 is 35.0 Å². The summed E-state index contributed by atoms with van der Waals surface area (Å²) in [6.45, 7) is 0. The quantitative estimate of drug-likeness (QED) is 0.467. The Hall–Kier alpha value is -4.50. The molecule has 0 saturated carbocycles. The van der Waals surface area contributed by atoms with Crippen LogP contribution in [0.5, 0.6) is 0 Å². The zero-order valence-corrected chi connectivity index (χ0v) is 18.3. The summed E-state index contributed by atoms with van der Waals surface area (Å²) in [6, 6.07) is 21.1. The number of hydrogen-bond donors (Lipinski definition) is 4. The van der Waals surface area contributed by atoms with Crippen molar-refractivity contribution in [3.8, 4) is 0 Å². The molecule has 0 bridgehead atoms. The minimum Gasteiger partial charge on any atom is -0.480 e. The first kappa shape index (κ1) is 22.7. The van der Waals surface area contributed by atoms with Crippen LogP contribution in [-0.2, 0) is 9.59 Å². The van der Waals surface area contributed by atoms with Gasteiger partial charge < -0.3 is 26.4 Å². The smallest absolute Gasteiger partial charge is 0.325 e. The molecule has 172 valence electrons. The van der Waals surface area contributed by atoms with E-state index in [0.717, 1.165) is 11.1 Å². The molecule has 1 aliphatic heterocycles. The average molecular weight is 457 g/mol. The maximum absolute atomic E-state index is 13.2. The number of nitrogens with zero attached hydrogens (tertiary/aromatic N) is 2. The summed E-state index contributed by atoms with van der Waals surface area (Å²) in [7, 11) is 1.63. The lowest BCUT2D eigenvalue weighted by Gasteiger charge is -2.21. The van der Waals surface area contributed by atoms with Crippen molar-refractivity contribution < 1.29 is 19.5 Å². The molecule has 0 unspecified atom stereocenters. The Morgan fingerprint density at radius 1 is 1.03 bits per heavy atom. The van der Waals surface area contributed by atoms with Gasteiger partial charge >= 0.3 is 12.0 Å². The third kappa shape index (κ3) is 4.64. The van der Waals surface area contributed by atoms with Crippen molar-refractivity contribution in [2.45, 2.75) is 12.2 Å². The second-order valence-electron chi connectivity index (χ2n) is 7.70. The number of carbonyl (C=O) groups excluding carboxylic acids is 2. The number of fused-ring (bicyclic) bond motifs is 1. The van der Waals surface area contributed by atoms with Gasteiger partial charge in [0.25, 0.3) is 5.91 Å². The number of likely N-dealkylation sites (N-methyl/N-ethyl adjacent to an activating group) is 1. The van der Waals surface area contributed by atoms with E-state index in [0.29, 0.717) is 22.6 Å². The summed E-state index contributed by atoms with van der Waals surface area (Å²) in [6.07, 6.45) is -1.18. The van der Waals surface area contributed by atoms with E-state index in [1.807, 2.05) is 54.6 Å². The summed E-state index contributed by atoms with van der Waals surface area (Å²) in [5, 5.41) is 14.4. The molecule has 0 saturated heterocycles. The van der Waals surface area contributed by atoms with E-state index in [-0.39, 0.29) is 0 Å². The second-order valence-corrected chi connectivity index (χ2v) is 7.70. The molecule has 3 aromatic rings. The van der Waals surface area contributed by atoms with Crippen LogP contribution in [0.3, 0.4) is 0 Å².